The summed E-state index contributed by atoms with van der Waals surface area (Å²) in [6.07, 6.45) is 0. The van der Waals surface area contributed by atoms with Crippen molar-refractivity contribution in [2.75, 3.05) is 18.6 Å². The number of methoxy groups -OCH3 is 1. The van der Waals surface area contributed by atoms with Crippen molar-refractivity contribution in [1.82, 2.24) is 0 Å². The normalized spacial score (nSPS) is 16.8. The summed E-state index contributed by atoms with van der Waals surface area (Å²) in [5.41, 5.74) is 1.73. The topological polar surface area (TPSA) is 113 Å². The van der Waals surface area contributed by atoms with E-state index in [0.717, 1.165) is 0 Å². The van der Waals surface area contributed by atoms with Gasteiger partial charge in [0, 0.05) is 11.3 Å². The number of phenols is 1. The van der Waals surface area contributed by atoms with Crippen LogP contribution in [0.4, 0.5) is 5.69 Å². The van der Waals surface area contributed by atoms with E-state index in [1.165, 1.54) is 30.2 Å². The summed E-state index contributed by atoms with van der Waals surface area (Å²) in [4.78, 5) is 40.2. The lowest BCUT2D eigenvalue weighted by molar-refractivity contribution is -0.132. The number of nitrogens with zero attached hydrogens (tertiary/aromatic N) is 1. The van der Waals surface area contributed by atoms with Crippen molar-refractivity contribution < 1.29 is 34.1 Å². The van der Waals surface area contributed by atoms with Crippen LogP contribution in [0.5, 0.6) is 11.5 Å². The zero-order valence-electron chi connectivity index (χ0n) is 20.0. The number of Topliss-reactive ketones (excluding diaryl/α,β-unsaturated/α-hetero) is 1. The Labute approximate surface area is 208 Å². The van der Waals surface area contributed by atoms with Crippen molar-refractivity contribution in [3.8, 4) is 11.5 Å². The predicted molar refractivity (Wildman–Crippen MR) is 133 cm³/mol. The SMILES string of the molecule is CCOC(=O)c1cccc(N2C(=O)C(=O)/C(=C(\O)c3ccc(OC)cc3C)C2c2cccc(O)c2)c1. The van der Waals surface area contributed by atoms with Gasteiger partial charge in [-0.1, -0.05) is 18.2 Å². The molecule has 1 unspecified atom stereocenters. The lowest BCUT2D eigenvalue weighted by atomic mass is 9.93. The molecule has 4 rings (SSSR count). The molecule has 0 bridgehead atoms. The van der Waals surface area contributed by atoms with Crippen molar-refractivity contribution in [3.63, 3.8) is 0 Å². The first-order valence-electron chi connectivity index (χ1n) is 11.3. The highest BCUT2D eigenvalue weighted by atomic mass is 16.5. The van der Waals surface area contributed by atoms with Crippen LogP contribution < -0.4 is 9.64 Å². The zero-order valence-corrected chi connectivity index (χ0v) is 20.0. The maximum absolute atomic E-state index is 13.3. The molecule has 0 aromatic heterocycles. The second kappa shape index (κ2) is 9.95. The third kappa shape index (κ3) is 4.40. The van der Waals surface area contributed by atoms with E-state index in [9.17, 15) is 24.6 Å². The lowest BCUT2D eigenvalue weighted by Gasteiger charge is -2.26. The van der Waals surface area contributed by atoms with Crippen LogP contribution in [0.15, 0.2) is 72.3 Å². The van der Waals surface area contributed by atoms with E-state index in [0.29, 0.717) is 22.4 Å². The number of rotatable bonds is 6. The Morgan fingerprint density at radius 1 is 1.03 bits per heavy atom. The Kier molecular flexibility index (Phi) is 6.78. The minimum atomic E-state index is -1.06. The van der Waals surface area contributed by atoms with Gasteiger partial charge in [0.2, 0.25) is 0 Å². The standard InChI is InChI=1S/C28H25NO7/c1-4-36-28(34)18-8-5-9-19(14-18)29-24(17-7-6-10-20(30)15-17)23(26(32)27(29)33)25(31)22-12-11-21(35-3)13-16(22)2/h5-15,24,30-31H,4H2,1-3H3/b25-23-. The van der Waals surface area contributed by atoms with Crippen molar-refractivity contribution in [2.45, 2.75) is 19.9 Å². The van der Waals surface area contributed by atoms with E-state index >= 15 is 0 Å². The molecule has 3 aromatic rings. The van der Waals surface area contributed by atoms with Gasteiger partial charge in [-0.15, -0.1) is 0 Å². The molecule has 1 aliphatic heterocycles. The Morgan fingerprint density at radius 3 is 2.44 bits per heavy atom. The third-order valence-electron chi connectivity index (χ3n) is 5.95. The maximum Gasteiger partial charge on any atom is 0.338 e. The number of carbonyl (C=O) groups excluding carboxylic acids is 3. The van der Waals surface area contributed by atoms with Crippen LogP contribution in [-0.4, -0.2) is 41.6 Å². The number of aliphatic hydroxyl groups is 1. The fourth-order valence-corrected chi connectivity index (χ4v) is 4.28. The third-order valence-corrected chi connectivity index (χ3v) is 5.95. The van der Waals surface area contributed by atoms with Gasteiger partial charge < -0.3 is 19.7 Å². The number of anilines is 1. The van der Waals surface area contributed by atoms with Crippen LogP contribution in [-0.2, 0) is 14.3 Å². The van der Waals surface area contributed by atoms with Gasteiger partial charge in [0.1, 0.15) is 17.3 Å². The molecule has 36 heavy (non-hydrogen) atoms. The van der Waals surface area contributed by atoms with Crippen molar-refractivity contribution >= 4 is 29.1 Å². The first kappa shape index (κ1) is 24.5. The van der Waals surface area contributed by atoms with Gasteiger partial charge in [0.15, 0.2) is 0 Å². The van der Waals surface area contributed by atoms with Crippen molar-refractivity contribution in [3.05, 3.63) is 94.6 Å². The highest BCUT2D eigenvalue weighted by Gasteiger charge is 2.47. The van der Waals surface area contributed by atoms with Gasteiger partial charge in [-0.2, -0.15) is 0 Å². The number of aliphatic hydroxyl groups excluding tert-OH is 1. The first-order chi connectivity index (χ1) is 17.3. The van der Waals surface area contributed by atoms with Gasteiger partial charge in [-0.05, 0) is 73.5 Å². The molecule has 1 atom stereocenters. The maximum atomic E-state index is 13.3. The molecule has 0 radical (unpaired) electrons. The van der Waals surface area contributed by atoms with Crippen LogP contribution >= 0.6 is 0 Å². The molecule has 1 amide bonds. The largest absolute Gasteiger partial charge is 0.508 e. The first-order valence-corrected chi connectivity index (χ1v) is 11.3. The Morgan fingerprint density at radius 2 is 1.78 bits per heavy atom. The number of benzene rings is 3. The molecule has 0 spiro atoms. The second-order valence-electron chi connectivity index (χ2n) is 8.22. The van der Waals surface area contributed by atoms with Crippen molar-refractivity contribution in [1.29, 1.82) is 0 Å². The summed E-state index contributed by atoms with van der Waals surface area (Å²) in [7, 11) is 1.52. The molecule has 1 saturated heterocycles. The molecule has 3 aromatic carbocycles. The second-order valence-corrected chi connectivity index (χ2v) is 8.22. The number of ketones is 1. The fourth-order valence-electron chi connectivity index (χ4n) is 4.28. The number of phenolic OH excluding ortho intramolecular Hbond substituents is 1. The van der Waals surface area contributed by atoms with Crippen LogP contribution in [0.2, 0.25) is 0 Å². The van der Waals surface area contributed by atoms with E-state index in [1.807, 2.05) is 0 Å². The Balaban J connectivity index is 1.93. The smallest absolute Gasteiger partial charge is 0.338 e. The van der Waals surface area contributed by atoms with Gasteiger partial charge >= 0.3 is 5.97 Å². The minimum Gasteiger partial charge on any atom is -0.508 e. The highest BCUT2D eigenvalue weighted by molar-refractivity contribution is 6.51. The molecular weight excluding hydrogens is 462 g/mol. The molecule has 0 aliphatic carbocycles. The summed E-state index contributed by atoms with van der Waals surface area (Å²) in [6.45, 7) is 3.61. The molecule has 8 nitrogen and oxygen atoms in total. The van der Waals surface area contributed by atoms with E-state index in [2.05, 4.69) is 0 Å². The molecule has 0 saturated carbocycles. The van der Waals surface area contributed by atoms with Crippen LogP contribution in [0.3, 0.4) is 0 Å². The summed E-state index contributed by atoms with van der Waals surface area (Å²) >= 11 is 0. The van der Waals surface area contributed by atoms with E-state index in [1.54, 1.807) is 62.4 Å². The van der Waals surface area contributed by atoms with E-state index in [4.69, 9.17) is 9.47 Å². The number of esters is 1. The monoisotopic (exact) mass is 487 g/mol. The average Bonchev–Trinajstić information content (AvgIpc) is 3.14. The molecule has 2 N–H and O–H groups in total. The quantitative estimate of drug-likeness (QED) is 0.228. The van der Waals surface area contributed by atoms with Crippen LogP contribution in [0, 0.1) is 6.92 Å². The molecule has 1 heterocycles. The molecule has 1 fully saturated rings. The highest BCUT2D eigenvalue weighted by Crippen LogP contribution is 2.43. The number of hydrogen-bond acceptors (Lipinski definition) is 7. The van der Waals surface area contributed by atoms with Crippen LogP contribution in [0.25, 0.3) is 5.76 Å². The average molecular weight is 488 g/mol. The van der Waals surface area contributed by atoms with Gasteiger partial charge in [-0.3, -0.25) is 14.5 Å². The van der Waals surface area contributed by atoms with E-state index < -0.39 is 23.7 Å². The number of carbonyl (C=O) groups is 3. The van der Waals surface area contributed by atoms with Gasteiger partial charge in [0.25, 0.3) is 11.7 Å². The summed E-state index contributed by atoms with van der Waals surface area (Å²) < 4.78 is 10.3. The number of hydrogen-bond donors (Lipinski definition) is 2. The Hall–Kier alpha value is -4.59. The number of amides is 1. The molecular formula is C28H25NO7. The number of ether oxygens (including phenoxy) is 2. The lowest BCUT2D eigenvalue weighted by Crippen LogP contribution is -2.29. The van der Waals surface area contributed by atoms with E-state index in [-0.39, 0.29) is 34.9 Å². The van der Waals surface area contributed by atoms with Crippen molar-refractivity contribution in [2.24, 2.45) is 0 Å². The van der Waals surface area contributed by atoms with Crippen LogP contribution in [0.1, 0.15) is 40.0 Å². The number of aryl methyl sites for hydroxylation is 1. The number of aromatic hydroxyl groups is 1. The van der Waals surface area contributed by atoms with Gasteiger partial charge in [0.05, 0.1) is 30.9 Å². The fraction of sp³-hybridized carbons (Fsp3) is 0.179. The van der Waals surface area contributed by atoms with Gasteiger partial charge in [-0.25, -0.2) is 4.79 Å². The molecule has 1 aliphatic rings. The molecule has 8 heteroatoms. The summed E-state index contributed by atoms with van der Waals surface area (Å²) in [6, 6.07) is 16.2. The molecule has 184 valence electrons. The Bertz CT molecular complexity index is 1390. The summed E-state index contributed by atoms with van der Waals surface area (Å²) in [5, 5.41) is 21.5. The summed E-state index contributed by atoms with van der Waals surface area (Å²) in [5.74, 6) is -2.19. The zero-order chi connectivity index (χ0) is 26.0. The predicted octanol–water partition coefficient (Wildman–Crippen LogP) is 4.51. The minimum absolute atomic E-state index is 0.0704.